The van der Waals surface area contributed by atoms with Crippen molar-refractivity contribution in [2.24, 2.45) is 0 Å². The van der Waals surface area contributed by atoms with Crippen molar-refractivity contribution in [1.82, 2.24) is 5.32 Å². The predicted octanol–water partition coefficient (Wildman–Crippen LogP) is 4.31. The lowest BCUT2D eigenvalue weighted by molar-refractivity contribution is 0.501. The van der Waals surface area contributed by atoms with Gasteiger partial charge in [-0.3, -0.25) is 0 Å². The molecule has 0 saturated heterocycles. The van der Waals surface area contributed by atoms with E-state index in [-0.39, 0.29) is 11.9 Å². The van der Waals surface area contributed by atoms with E-state index in [0.29, 0.717) is 18.5 Å². The molecule has 0 radical (unpaired) electrons. The molecule has 0 heterocycles. The number of hydrogen-bond donors (Lipinski definition) is 1. The highest BCUT2D eigenvalue weighted by Crippen LogP contribution is 2.23. The van der Waals surface area contributed by atoms with Crippen molar-refractivity contribution in [3.63, 3.8) is 0 Å². The third kappa shape index (κ3) is 3.85. The maximum absolute atomic E-state index is 13.5. The molecule has 1 unspecified atom stereocenters. The molecule has 0 saturated carbocycles. The number of nitrogens with one attached hydrogen (secondary N) is 1. The molecule has 0 fully saturated rings. The van der Waals surface area contributed by atoms with Crippen LogP contribution < -0.4 is 5.32 Å². The molecule has 0 aliphatic carbocycles. The second-order valence-electron chi connectivity index (χ2n) is 5.06. The topological polar surface area (TPSA) is 12.0 Å². The van der Waals surface area contributed by atoms with Gasteiger partial charge >= 0.3 is 0 Å². The van der Waals surface area contributed by atoms with Crippen LogP contribution in [0.15, 0.2) is 36.4 Å². The van der Waals surface area contributed by atoms with Crippen molar-refractivity contribution in [2.75, 3.05) is 6.54 Å². The average molecular weight is 293 g/mol. The second kappa shape index (κ2) is 6.76. The Labute approximate surface area is 122 Å². The third-order valence-corrected chi connectivity index (χ3v) is 3.49. The van der Waals surface area contributed by atoms with E-state index in [1.54, 1.807) is 12.1 Å². The van der Waals surface area contributed by atoms with Gasteiger partial charge in [-0.15, -0.1) is 0 Å². The van der Waals surface area contributed by atoms with Gasteiger partial charge in [0.1, 0.15) is 5.82 Å². The molecular weight excluding hydrogens is 275 g/mol. The van der Waals surface area contributed by atoms with E-state index in [1.807, 2.05) is 13.8 Å². The maximum atomic E-state index is 13.5. The molecule has 2 aromatic rings. The van der Waals surface area contributed by atoms with Crippen LogP contribution in [-0.4, -0.2) is 6.54 Å². The molecule has 0 amide bonds. The Balaban J connectivity index is 2.30. The first-order valence-corrected chi connectivity index (χ1v) is 6.94. The van der Waals surface area contributed by atoms with Crippen LogP contribution in [0.25, 0.3) is 0 Å². The summed E-state index contributed by atoms with van der Waals surface area (Å²) >= 11 is 0. The fraction of sp³-hybridized carbons (Fsp3) is 0.294. The largest absolute Gasteiger partial charge is 0.310 e. The van der Waals surface area contributed by atoms with Gasteiger partial charge in [-0.05, 0) is 60.8 Å². The molecule has 4 heteroatoms. The molecule has 0 bridgehead atoms. The lowest BCUT2D eigenvalue weighted by Crippen LogP contribution is -2.24. The van der Waals surface area contributed by atoms with Crippen LogP contribution in [0.3, 0.4) is 0 Å². The lowest BCUT2D eigenvalue weighted by Gasteiger charge is -2.21. The summed E-state index contributed by atoms with van der Waals surface area (Å²) in [6.07, 6.45) is 0.468. The number of benzene rings is 2. The van der Waals surface area contributed by atoms with Crippen LogP contribution in [0.4, 0.5) is 13.2 Å². The van der Waals surface area contributed by atoms with E-state index in [9.17, 15) is 13.2 Å². The maximum Gasteiger partial charge on any atom is 0.159 e. The number of hydrogen-bond acceptors (Lipinski definition) is 1. The first kappa shape index (κ1) is 15.6. The van der Waals surface area contributed by atoms with Gasteiger partial charge in [-0.25, -0.2) is 13.2 Å². The highest BCUT2D eigenvalue weighted by molar-refractivity contribution is 5.31. The first-order chi connectivity index (χ1) is 10.0. The molecule has 0 spiro atoms. The summed E-state index contributed by atoms with van der Waals surface area (Å²) in [4.78, 5) is 0. The van der Waals surface area contributed by atoms with Crippen LogP contribution in [0.5, 0.6) is 0 Å². The van der Waals surface area contributed by atoms with Crippen molar-refractivity contribution in [3.05, 3.63) is 70.5 Å². The van der Waals surface area contributed by atoms with Gasteiger partial charge in [0.25, 0.3) is 0 Å². The van der Waals surface area contributed by atoms with Gasteiger partial charge in [0.15, 0.2) is 11.6 Å². The van der Waals surface area contributed by atoms with Crippen LogP contribution in [-0.2, 0) is 6.42 Å². The minimum atomic E-state index is -0.862. The predicted molar refractivity (Wildman–Crippen MR) is 77.6 cm³/mol. The summed E-state index contributed by atoms with van der Waals surface area (Å²) in [5.41, 5.74) is 2.47. The SMILES string of the molecule is CCNC(Cc1ccc(F)c(F)c1)c1cc(F)ccc1C. The van der Waals surface area contributed by atoms with Gasteiger partial charge in [0.05, 0.1) is 0 Å². The van der Waals surface area contributed by atoms with Gasteiger partial charge < -0.3 is 5.32 Å². The van der Waals surface area contributed by atoms with Gasteiger partial charge in [0.2, 0.25) is 0 Å². The summed E-state index contributed by atoms with van der Waals surface area (Å²) in [6, 6.07) is 8.34. The Kier molecular flexibility index (Phi) is 5.02. The molecular formula is C17H18F3N. The molecule has 1 atom stereocenters. The standard InChI is InChI=1S/C17H18F3N/c1-3-21-17(14-10-13(18)6-4-11(14)2)9-12-5-7-15(19)16(20)8-12/h4-8,10,17,21H,3,9H2,1-2H3. The van der Waals surface area contributed by atoms with Crippen molar-refractivity contribution in [3.8, 4) is 0 Å². The Morgan fingerprint density at radius 2 is 1.76 bits per heavy atom. The Morgan fingerprint density at radius 1 is 1.00 bits per heavy atom. The molecule has 112 valence electrons. The fourth-order valence-electron chi connectivity index (χ4n) is 2.43. The molecule has 2 rings (SSSR count). The van der Waals surface area contributed by atoms with Crippen molar-refractivity contribution in [2.45, 2.75) is 26.3 Å². The zero-order chi connectivity index (χ0) is 15.4. The summed E-state index contributed by atoms with van der Waals surface area (Å²) in [5, 5.41) is 3.27. The molecule has 0 aromatic heterocycles. The summed E-state index contributed by atoms with van der Waals surface area (Å²) in [5.74, 6) is -2.02. The molecule has 0 aliphatic rings. The number of halogens is 3. The summed E-state index contributed by atoms with van der Waals surface area (Å²) in [6.45, 7) is 4.56. The van der Waals surface area contributed by atoms with E-state index < -0.39 is 11.6 Å². The number of likely N-dealkylation sites (N-methyl/N-ethyl adjacent to an activating group) is 1. The van der Waals surface area contributed by atoms with Crippen molar-refractivity contribution in [1.29, 1.82) is 0 Å². The zero-order valence-electron chi connectivity index (χ0n) is 12.1. The number of aryl methyl sites for hydroxylation is 1. The van der Waals surface area contributed by atoms with Crippen LogP contribution >= 0.6 is 0 Å². The minimum Gasteiger partial charge on any atom is -0.310 e. The highest BCUT2D eigenvalue weighted by Gasteiger charge is 2.15. The monoisotopic (exact) mass is 293 g/mol. The Bertz CT molecular complexity index is 625. The number of rotatable bonds is 5. The van der Waals surface area contributed by atoms with Crippen LogP contribution in [0, 0.1) is 24.4 Å². The smallest absolute Gasteiger partial charge is 0.159 e. The summed E-state index contributed by atoms with van der Waals surface area (Å²) < 4.78 is 39.8. The van der Waals surface area contributed by atoms with E-state index in [0.717, 1.165) is 17.2 Å². The Morgan fingerprint density at radius 3 is 2.43 bits per heavy atom. The quantitative estimate of drug-likeness (QED) is 0.866. The first-order valence-electron chi connectivity index (χ1n) is 6.94. The lowest BCUT2D eigenvalue weighted by atomic mass is 9.95. The van der Waals surface area contributed by atoms with E-state index in [2.05, 4.69) is 5.32 Å². The molecule has 2 aromatic carbocycles. The third-order valence-electron chi connectivity index (χ3n) is 3.49. The molecule has 1 nitrogen and oxygen atoms in total. The van der Waals surface area contributed by atoms with Crippen LogP contribution in [0.2, 0.25) is 0 Å². The highest BCUT2D eigenvalue weighted by atomic mass is 19.2. The zero-order valence-corrected chi connectivity index (χ0v) is 12.1. The average Bonchev–Trinajstić information content (AvgIpc) is 2.45. The van der Waals surface area contributed by atoms with Gasteiger partial charge in [0, 0.05) is 6.04 Å². The van der Waals surface area contributed by atoms with E-state index in [1.165, 1.54) is 18.2 Å². The Hall–Kier alpha value is -1.81. The van der Waals surface area contributed by atoms with Crippen molar-refractivity contribution < 1.29 is 13.2 Å². The van der Waals surface area contributed by atoms with Gasteiger partial charge in [-0.1, -0.05) is 19.1 Å². The van der Waals surface area contributed by atoms with E-state index in [4.69, 9.17) is 0 Å². The van der Waals surface area contributed by atoms with Crippen LogP contribution in [0.1, 0.15) is 29.7 Å². The summed E-state index contributed by atoms with van der Waals surface area (Å²) in [7, 11) is 0. The molecule has 21 heavy (non-hydrogen) atoms. The second-order valence-corrected chi connectivity index (χ2v) is 5.06. The molecule has 0 aliphatic heterocycles. The van der Waals surface area contributed by atoms with Crippen molar-refractivity contribution >= 4 is 0 Å². The minimum absolute atomic E-state index is 0.143. The molecule has 1 N–H and O–H groups in total. The fourth-order valence-corrected chi connectivity index (χ4v) is 2.43. The van der Waals surface area contributed by atoms with Gasteiger partial charge in [-0.2, -0.15) is 0 Å². The van der Waals surface area contributed by atoms with E-state index >= 15 is 0 Å². The normalized spacial score (nSPS) is 12.4.